The monoisotopic (exact) mass is 264 g/mol. The number of pyridine rings is 1. The summed E-state index contributed by atoms with van der Waals surface area (Å²) in [7, 11) is 1.96. The summed E-state index contributed by atoms with van der Waals surface area (Å²) in [5.41, 5.74) is 2.81. The molecule has 100 valence electrons. The average Bonchev–Trinajstić information content (AvgIpc) is 2.53. The van der Waals surface area contributed by atoms with Crippen molar-refractivity contribution in [2.45, 2.75) is 6.61 Å². The lowest BCUT2D eigenvalue weighted by molar-refractivity contribution is 0.282. The minimum atomic E-state index is -0.0235. The number of nitrogens with zero attached hydrogens (tertiary/aromatic N) is 2. The van der Waals surface area contributed by atoms with Crippen LogP contribution >= 0.6 is 0 Å². The van der Waals surface area contributed by atoms with E-state index in [-0.39, 0.29) is 6.61 Å². The van der Waals surface area contributed by atoms with Crippen molar-refractivity contribution < 1.29 is 5.11 Å². The van der Waals surface area contributed by atoms with Gasteiger partial charge in [-0.05, 0) is 24.3 Å². The summed E-state index contributed by atoms with van der Waals surface area (Å²) >= 11 is 0. The van der Waals surface area contributed by atoms with Crippen LogP contribution in [0, 0.1) is 0 Å². The Labute approximate surface area is 118 Å². The Bertz CT molecular complexity index is 725. The van der Waals surface area contributed by atoms with Gasteiger partial charge >= 0.3 is 0 Å². The van der Waals surface area contributed by atoms with E-state index in [0.717, 1.165) is 28.0 Å². The van der Waals surface area contributed by atoms with Crippen LogP contribution in [-0.4, -0.2) is 17.1 Å². The molecule has 0 atom stereocenters. The molecule has 3 aromatic rings. The third-order valence-corrected chi connectivity index (χ3v) is 3.41. The normalized spacial score (nSPS) is 10.7. The van der Waals surface area contributed by atoms with Crippen molar-refractivity contribution in [1.29, 1.82) is 0 Å². The number of benzene rings is 2. The molecule has 0 fully saturated rings. The molecule has 0 aliphatic rings. The zero-order valence-corrected chi connectivity index (χ0v) is 11.3. The van der Waals surface area contributed by atoms with Gasteiger partial charge in [-0.15, -0.1) is 0 Å². The van der Waals surface area contributed by atoms with Crippen molar-refractivity contribution in [3.63, 3.8) is 0 Å². The van der Waals surface area contributed by atoms with E-state index in [0.29, 0.717) is 0 Å². The van der Waals surface area contributed by atoms with E-state index in [1.807, 2.05) is 72.6 Å². The molecule has 20 heavy (non-hydrogen) atoms. The zero-order chi connectivity index (χ0) is 13.9. The van der Waals surface area contributed by atoms with Gasteiger partial charge in [0.2, 0.25) is 0 Å². The van der Waals surface area contributed by atoms with E-state index in [2.05, 4.69) is 4.98 Å². The molecule has 2 aromatic carbocycles. The van der Waals surface area contributed by atoms with Gasteiger partial charge in [-0.25, -0.2) is 4.98 Å². The number of aliphatic hydroxyl groups excluding tert-OH is 1. The van der Waals surface area contributed by atoms with Crippen LogP contribution in [0.4, 0.5) is 11.5 Å². The van der Waals surface area contributed by atoms with Gasteiger partial charge < -0.3 is 10.0 Å². The standard InChI is InChI=1S/C17H16N2O/c1-19(15-8-3-2-4-9-15)17-14(12-20)11-13-7-5-6-10-16(13)18-17/h2-11,20H,12H2,1H3. The fourth-order valence-electron chi connectivity index (χ4n) is 2.33. The number of para-hydroxylation sites is 2. The molecular formula is C17H16N2O. The van der Waals surface area contributed by atoms with Crippen LogP contribution in [0.1, 0.15) is 5.56 Å². The van der Waals surface area contributed by atoms with Gasteiger partial charge in [-0.1, -0.05) is 36.4 Å². The molecular weight excluding hydrogens is 248 g/mol. The molecule has 0 radical (unpaired) electrons. The second-order valence-corrected chi connectivity index (χ2v) is 4.72. The minimum absolute atomic E-state index is 0.0235. The molecule has 1 N–H and O–H groups in total. The number of aromatic nitrogens is 1. The molecule has 0 aliphatic carbocycles. The molecule has 1 heterocycles. The highest BCUT2D eigenvalue weighted by Gasteiger charge is 2.11. The summed E-state index contributed by atoms with van der Waals surface area (Å²) in [5, 5.41) is 10.7. The maximum Gasteiger partial charge on any atom is 0.138 e. The molecule has 0 bridgehead atoms. The van der Waals surface area contributed by atoms with Crippen molar-refractivity contribution >= 4 is 22.4 Å². The first-order valence-electron chi connectivity index (χ1n) is 6.58. The van der Waals surface area contributed by atoms with E-state index >= 15 is 0 Å². The van der Waals surface area contributed by atoms with Gasteiger partial charge in [0.15, 0.2) is 0 Å². The molecule has 0 aliphatic heterocycles. The van der Waals surface area contributed by atoms with Crippen molar-refractivity contribution in [1.82, 2.24) is 4.98 Å². The van der Waals surface area contributed by atoms with E-state index in [9.17, 15) is 5.11 Å². The maximum absolute atomic E-state index is 9.61. The highest BCUT2D eigenvalue weighted by Crippen LogP contribution is 2.28. The SMILES string of the molecule is CN(c1ccccc1)c1nc2ccccc2cc1CO. The van der Waals surface area contributed by atoms with Gasteiger partial charge in [-0.2, -0.15) is 0 Å². The van der Waals surface area contributed by atoms with E-state index in [1.165, 1.54) is 0 Å². The Balaban J connectivity index is 2.14. The summed E-state index contributed by atoms with van der Waals surface area (Å²) in [6.07, 6.45) is 0. The largest absolute Gasteiger partial charge is 0.392 e. The Morgan fingerprint density at radius 3 is 2.45 bits per heavy atom. The van der Waals surface area contributed by atoms with E-state index in [1.54, 1.807) is 0 Å². The second-order valence-electron chi connectivity index (χ2n) is 4.72. The number of rotatable bonds is 3. The van der Waals surface area contributed by atoms with Gasteiger partial charge in [0.05, 0.1) is 12.1 Å². The Morgan fingerprint density at radius 1 is 1.00 bits per heavy atom. The lowest BCUT2D eigenvalue weighted by Gasteiger charge is -2.21. The molecule has 3 rings (SSSR count). The van der Waals surface area contributed by atoms with Gasteiger partial charge in [0.1, 0.15) is 5.82 Å². The fraction of sp³-hybridized carbons (Fsp3) is 0.118. The predicted molar refractivity (Wildman–Crippen MR) is 82.2 cm³/mol. The van der Waals surface area contributed by atoms with Gasteiger partial charge in [0, 0.05) is 23.7 Å². The maximum atomic E-state index is 9.61. The number of aliphatic hydroxyl groups is 1. The van der Waals surface area contributed by atoms with Crippen molar-refractivity contribution in [3.8, 4) is 0 Å². The number of hydrogen-bond donors (Lipinski definition) is 1. The first-order valence-corrected chi connectivity index (χ1v) is 6.58. The van der Waals surface area contributed by atoms with Crippen LogP contribution in [-0.2, 0) is 6.61 Å². The summed E-state index contributed by atoms with van der Waals surface area (Å²) in [6.45, 7) is -0.0235. The van der Waals surface area contributed by atoms with Crippen LogP contribution in [0.25, 0.3) is 10.9 Å². The smallest absolute Gasteiger partial charge is 0.138 e. The highest BCUT2D eigenvalue weighted by atomic mass is 16.3. The summed E-state index contributed by atoms with van der Waals surface area (Å²) in [6, 6.07) is 20.0. The van der Waals surface area contributed by atoms with Crippen molar-refractivity contribution in [2.24, 2.45) is 0 Å². The van der Waals surface area contributed by atoms with Crippen LogP contribution in [0.3, 0.4) is 0 Å². The Kier molecular flexibility index (Phi) is 3.35. The van der Waals surface area contributed by atoms with Crippen LogP contribution in [0.2, 0.25) is 0 Å². The second kappa shape index (κ2) is 5.31. The Morgan fingerprint density at radius 2 is 1.70 bits per heavy atom. The number of anilines is 2. The highest BCUT2D eigenvalue weighted by molar-refractivity contribution is 5.82. The summed E-state index contributed by atoms with van der Waals surface area (Å²) in [5.74, 6) is 0.789. The fourth-order valence-corrected chi connectivity index (χ4v) is 2.33. The van der Waals surface area contributed by atoms with Gasteiger partial charge in [0.25, 0.3) is 0 Å². The lowest BCUT2D eigenvalue weighted by Crippen LogP contribution is -2.13. The molecule has 3 nitrogen and oxygen atoms in total. The molecule has 3 heteroatoms. The predicted octanol–water partition coefficient (Wildman–Crippen LogP) is 3.50. The third-order valence-electron chi connectivity index (χ3n) is 3.41. The van der Waals surface area contributed by atoms with Crippen LogP contribution < -0.4 is 4.90 Å². The van der Waals surface area contributed by atoms with E-state index in [4.69, 9.17) is 0 Å². The molecule has 1 aromatic heterocycles. The van der Waals surface area contributed by atoms with E-state index < -0.39 is 0 Å². The minimum Gasteiger partial charge on any atom is -0.392 e. The van der Waals surface area contributed by atoms with Crippen molar-refractivity contribution in [3.05, 3.63) is 66.2 Å². The molecule has 0 unspecified atom stereocenters. The number of hydrogen-bond acceptors (Lipinski definition) is 3. The lowest BCUT2D eigenvalue weighted by atomic mass is 10.1. The summed E-state index contributed by atoms with van der Waals surface area (Å²) in [4.78, 5) is 6.69. The number of fused-ring (bicyclic) bond motifs is 1. The molecule has 0 saturated heterocycles. The van der Waals surface area contributed by atoms with Crippen LogP contribution in [0.5, 0.6) is 0 Å². The molecule has 0 spiro atoms. The summed E-state index contributed by atoms with van der Waals surface area (Å²) < 4.78 is 0. The average molecular weight is 264 g/mol. The Hall–Kier alpha value is -2.39. The third kappa shape index (κ3) is 2.24. The van der Waals surface area contributed by atoms with Crippen LogP contribution in [0.15, 0.2) is 60.7 Å². The first-order chi connectivity index (χ1) is 9.79. The first kappa shape index (κ1) is 12.6. The quantitative estimate of drug-likeness (QED) is 0.786. The topological polar surface area (TPSA) is 36.4 Å². The molecule has 0 amide bonds. The van der Waals surface area contributed by atoms with Gasteiger partial charge in [-0.3, -0.25) is 0 Å². The van der Waals surface area contributed by atoms with Crippen molar-refractivity contribution in [2.75, 3.05) is 11.9 Å². The molecule has 0 saturated carbocycles. The zero-order valence-electron chi connectivity index (χ0n) is 11.3.